The Morgan fingerprint density at radius 1 is 1.03 bits per heavy atom. The quantitative estimate of drug-likeness (QED) is 0.450. The first kappa shape index (κ1) is 17.9. The summed E-state index contributed by atoms with van der Waals surface area (Å²) in [4.78, 5) is 4.75. The molecule has 2 aromatic carbocycles. The number of thiazole rings is 1. The van der Waals surface area contributed by atoms with Crippen LogP contribution < -0.4 is 14.8 Å². The van der Waals surface area contributed by atoms with Crippen molar-refractivity contribution >= 4 is 11.3 Å². The molecule has 3 heterocycles. The van der Waals surface area contributed by atoms with E-state index >= 15 is 0 Å². The number of nitrogens with zero attached hydrogens (tertiary/aromatic N) is 2. The van der Waals surface area contributed by atoms with Gasteiger partial charge in [-0.05, 0) is 18.2 Å². The minimum absolute atomic E-state index is 0.277. The Kier molecular flexibility index (Phi) is 4.98. The van der Waals surface area contributed by atoms with Gasteiger partial charge in [0.15, 0.2) is 11.5 Å². The summed E-state index contributed by atoms with van der Waals surface area (Å²) in [6, 6.07) is 16.2. The Hall–Kier alpha value is -3.16. The van der Waals surface area contributed by atoms with Crippen LogP contribution >= 0.6 is 11.3 Å². The van der Waals surface area contributed by atoms with Crippen molar-refractivity contribution in [2.75, 3.05) is 13.3 Å². The summed E-state index contributed by atoms with van der Waals surface area (Å²) in [6.45, 7) is 1.86. The number of hydrogen-bond donors (Lipinski definition) is 2. The van der Waals surface area contributed by atoms with Crippen LogP contribution in [-0.4, -0.2) is 28.5 Å². The lowest BCUT2D eigenvalue weighted by Crippen LogP contribution is -2.16. The number of ether oxygens (including phenoxy) is 2. The van der Waals surface area contributed by atoms with Crippen molar-refractivity contribution in [3.05, 3.63) is 70.7 Å². The maximum Gasteiger partial charge on any atom is 0.231 e. The van der Waals surface area contributed by atoms with E-state index in [1.54, 1.807) is 11.3 Å². The van der Waals surface area contributed by atoms with Crippen molar-refractivity contribution in [2.24, 2.45) is 0 Å². The van der Waals surface area contributed by atoms with Gasteiger partial charge in [-0.1, -0.05) is 30.3 Å². The van der Waals surface area contributed by atoms with Gasteiger partial charge in [-0.25, -0.2) is 4.98 Å². The molecule has 4 aromatic rings. The standard InChI is InChI=1S/C22H20N4O2S/c1-2-4-15(5-3-1)18-13-29-21(25-18)8-9-23-11-17-12-24-26-22(17)16-6-7-19-20(10-16)28-14-27-19/h1-7,10,12-13,23H,8-9,11,14H2,(H,24,26). The topological polar surface area (TPSA) is 72.1 Å². The molecule has 6 nitrogen and oxygen atoms in total. The molecule has 0 atom stereocenters. The highest BCUT2D eigenvalue weighted by atomic mass is 32.1. The molecule has 0 saturated heterocycles. The third-order valence-corrected chi connectivity index (χ3v) is 5.74. The van der Waals surface area contributed by atoms with Crippen LogP contribution in [0, 0.1) is 0 Å². The molecule has 146 valence electrons. The van der Waals surface area contributed by atoms with Crippen LogP contribution in [0.25, 0.3) is 22.5 Å². The molecular weight excluding hydrogens is 384 g/mol. The molecule has 0 spiro atoms. The molecule has 0 unspecified atom stereocenters. The van der Waals surface area contributed by atoms with E-state index in [1.165, 1.54) is 0 Å². The molecule has 0 fully saturated rings. The molecule has 2 aromatic heterocycles. The fraction of sp³-hybridized carbons (Fsp3) is 0.182. The van der Waals surface area contributed by atoms with E-state index in [2.05, 4.69) is 33.0 Å². The molecule has 29 heavy (non-hydrogen) atoms. The molecular formula is C22H20N4O2S. The molecule has 1 aliphatic heterocycles. The lowest BCUT2D eigenvalue weighted by molar-refractivity contribution is 0.174. The summed E-state index contributed by atoms with van der Waals surface area (Å²) >= 11 is 1.71. The number of aromatic nitrogens is 3. The van der Waals surface area contributed by atoms with E-state index in [0.717, 1.165) is 64.1 Å². The smallest absolute Gasteiger partial charge is 0.231 e. The number of benzene rings is 2. The van der Waals surface area contributed by atoms with Gasteiger partial charge in [0.2, 0.25) is 6.79 Å². The second-order valence-electron chi connectivity index (χ2n) is 6.76. The number of fused-ring (bicyclic) bond motifs is 1. The third-order valence-electron chi connectivity index (χ3n) is 4.83. The van der Waals surface area contributed by atoms with Crippen LogP contribution in [-0.2, 0) is 13.0 Å². The number of aromatic amines is 1. The van der Waals surface area contributed by atoms with Crippen molar-refractivity contribution in [1.29, 1.82) is 0 Å². The first-order chi connectivity index (χ1) is 14.4. The average Bonchev–Trinajstić information content (AvgIpc) is 3.52. The molecule has 5 rings (SSSR count). The highest BCUT2D eigenvalue weighted by Crippen LogP contribution is 2.36. The number of hydrogen-bond acceptors (Lipinski definition) is 6. The summed E-state index contributed by atoms with van der Waals surface area (Å²) in [5, 5.41) is 14.1. The summed E-state index contributed by atoms with van der Waals surface area (Å²) in [6.07, 6.45) is 2.76. The van der Waals surface area contributed by atoms with Crippen LogP contribution in [0.1, 0.15) is 10.6 Å². The van der Waals surface area contributed by atoms with Gasteiger partial charge in [0.1, 0.15) is 0 Å². The zero-order chi connectivity index (χ0) is 19.5. The van der Waals surface area contributed by atoms with Gasteiger partial charge in [0.05, 0.1) is 22.6 Å². The molecule has 1 aliphatic rings. The Morgan fingerprint density at radius 2 is 1.93 bits per heavy atom. The SMILES string of the molecule is c1ccc(-c2csc(CCNCc3cn[nH]c3-c3ccc4c(c3)OCO4)n2)cc1. The van der Waals surface area contributed by atoms with Gasteiger partial charge in [-0.15, -0.1) is 11.3 Å². The van der Waals surface area contributed by atoms with E-state index in [4.69, 9.17) is 14.5 Å². The predicted molar refractivity (Wildman–Crippen MR) is 113 cm³/mol. The first-order valence-electron chi connectivity index (χ1n) is 9.49. The van der Waals surface area contributed by atoms with Crippen molar-refractivity contribution in [3.8, 4) is 34.0 Å². The second kappa shape index (κ2) is 8.06. The fourth-order valence-electron chi connectivity index (χ4n) is 3.33. The van der Waals surface area contributed by atoms with Crippen molar-refractivity contribution in [2.45, 2.75) is 13.0 Å². The highest BCUT2D eigenvalue weighted by Gasteiger charge is 2.16. The minimum atomic E-state index is 0.277. The predicted octanol–water partition coefficient (Wildman–Crippen LogP) is 4.26. The van der Waals surface area contributed by atoms with Crippen molar-refractivity contribution in [3.63, 3.8) is 0 Å². The summed E-state index contributed by atoms with van der Waals surface area (Å²) in [7, 11) is 0. The van der Waals surface area contributed by atoms with Gasteiger partial charge < -0.3 is 14.8 Å². The number of H-pyrrole nitrogens is 1. The molecule has 0 saturated carbocycles. The molecule has 2 N–H and O–H groups in total. The van der Waals surface area contributed by atoms with Gasteiger partial charge in [0.25, 0.3) is 0 Å². The lowest BCUT2D eigenvalue weighted by Gasteiger charge is -2.06. The Morgan fingerprint density at radius 3 is 2.86 bits per heavy atom. The van der Waals surface area contributed by atoms with E-state index in [0.29, 0.717) is 0 Å². The van der Waals surface area contributed by atoms with E-state index in [-0.39, 0.29) is 6.79 Å². The third kappa shape index (κ3) is 3.87. The summed E-state index contributed by atoms with van der Waals surface area (Å²) in [5.41, 5.74) is 5.36. The van der Waals surface area contributed by atoms with Crippen LogP contribution in [0.5, 0.6) is 11.5 Å². The Balaban J connectivity index is 1.18. The first-order valence-corrected chi connectivity index (χ1v) is 10.4. The Bertz CT molecular complexity index is 1110. The lowest BCUT2D eigenvalue weighted by atomic mass is 10.1. The van der Waals surface area contributed by atoms with Crippen molar-refractivity contribution < 1.29 is 9.47 Å². The molecule has 0 amide bonds. The monoisotopic (exact) mass is 404 g/mol. The maximum absolute atomic E-state index is 5.48. The van der Waals surface area contributed by atoms with E-state index < -0.39 is 0 Å². The van der Waals surface area contributed by atoms with Crippen LogP contribution in [0.3, 0.4) is 0 Å². The average molecular weight is 404 g/mol. The normalized spacial score (nSPS) is 12.4. The molecule has 0 radical (unpaired) electrons. The zero-order valence-electron chi connectivity index (χ0n) is 15.7. The van der Waals surface area contributed by atoms with Gasteiger partial charge >= 0.3 is 0 Å². The molecule has 0 aliphatic carbocycles. The van der Waals surface area contributed by atoms with Crippen LogP contribution in [0.2, 0.25) is 0 Å². The van der Waals surface area contributed by atoms with Gasteiger partial charge in [-0.2, -0.15) is 5.10 Å². The largest absolute Gasteiger partial charge is 0.454 e. The Labute approximate surface area is 172 Å². The van der Waals surface area contributed by atoms with Crippen molar-refractivity contribution in [1.82, 2.24) is 20.5 Å². The zero-order valence-corrected chi connectivity index (χ0v) is 16.5. The molecule has 0 bridgehead atoms. The molecule has 7 heteroatoms. The second-order valence-corrected chi connectivity index (χ2v) is 7.70. The number of nitrogens with one attached hydrogen (secondary N) is 2. The van der Waals surface area contributed by atoms with Crippen LogP contribution in [0.15, 0.2) is 60.1 Å². The minimum Gasteiger partial charge on any atom is -0.454 e. The number of rotatable bonds is 7. The maximum atomic E-state index is 5.48. The van der Waals surface area contributed by atoms with Crippen LogP contribution in [0.4, 0.5) is 0 Å². The van der Waals surface area contributed by atoms with E-state index in [9.17, 15) is 0 Å². The highest BCUT2D eigenvalue weighted by molar-refractivity contribution is 7.09. The summed E-state index contributed by atoms with van der Waals surface area (Å²) < 4.78 is 10.9. The summed E-state index contributed by atoms with van der Waals surface area (Å²) in [5.74, 6) is 1.56. The van der Waals surface area contributed by atoms with Gasteiger partial charge in [-0.3, -0.25) is 5.10 Å². The fourth-order valence-corrected chi connectivity index (χ4v) is 4.14. The van der Waals surface area contributed by atoms with E-state index in [1.807, 2.05) is 42.6 Å². The van der Waals surface area contributed by atoms with Gasteiger partial charge in [0, 0.05) is 41.6 Å².